The van der Waals surface area contributed by atoms with Crippen molar-refractivity contribution < 1.29 is 14.4 Å². The Hall–Kier alpha value is -2.19. The molecular weight excluding hydrogens is 406 g/mol. The van der Waals surface area contributed by atoms with Crippen molar-refractivity contribution in [1.82, 2.24) is 10.6 Å². The second kappa shape index (κ2) is 8.77. The maximum Gasteiger partial charge on any atom is 0.261 e. The predicted octanol–water partition coefficient (Wildman–Crippen LogP) is 3.08. The molecule has 2 rings (SSSR count). The molecule has 0 radical (unpaired) electrons. The summed E-state index contributed by atoms with van der Waals surface area (Å²) < 4.78 is 0.856. The van der Waals surface area contributed by atoms with Gasteiger partial charge in [0.25, 0.3) is 5.91 Å². The lowest BCUT2D eigenvalue weighted by Crippen LogP contribution is -2.37. The highest BCUT2D eigenvalue weighted by Gasteiger charge is 2.13. The van der Waals surface area contributed by atoms with Gasteiger partial charge in [-0.25, -0.2) is 0 Å². The zero-order chi connectivity index (χ0) is 18.4. The van der Waals surface area contributed by atoms with Crippen LogP contribution in [0, 0.1) is 0 Å². The molecule has 0 saturated heterocycles. The molecule has 1 aromatic heterocycles. The third kappa shape index (κ3) is 5.99. The Morgan fingerprint density at radius 2 is 1.96 bits per heavy atom. The summed E-state index contributed by atoms with van der Waals surface area (Å²) in [6.45, 7) is 3.17. The van der Waals surface area contributed by atoms with Gasteiger partial charge in [-0.2, -0.15) is 0 Å². The Morgan fingerprint density at radius 3 is 2.60 bits per heavy atom. The second-order valence-corrected chi connectivity index (χ2v) is 7.85. The summed E-state index contributed by atoms with van der Waals surface area (Å²) in [5.74, 6) is -0.732. The zero-order valence-electron chi connectivity index (χ0n) is 13.8. The van der Waals surface area contributed by atoms with E-state index in [1.54, 1.807) is 30.3 Å². The first-order valence-corrected chi connectivity index (χ1v) is 9.16. The summed E-state index contributed by atoms with van der Waals surface area (Å²) in [4.78, 5) is 35.6. The van der Waals surface area contributed by atoms with Crippen molar-refractivity contribution in [1.29, 1.82) is 0 Å². The maximum absolute atomic E-state index is 12.0. The van der Waals surface area contributed by atoms with Gasteiger partial charge in [0.05, 0.1) is 21.3 Å². The van der Waals surface area contributed by atoms with Crippen molar-refractivity contribution in [3.63, 3.8) is 0 Å². The fourth-order valence-electron chi connectivity index (χ4n) is 2.15. The fourth-order valence-corrected chi connectivity index (χ4v) is 3.45. The summed E-state index contributed by atoms with van der Waals surface area (Å²) in [7, 11) is 0. The molecule has 8 heteroatoms. The van der Waals surface area contributed by atoms with E-state index >= 15 is 0 Å². The van der Waals surface area contributed by atoms with Crippen molar-refractivity contribution in [2.24, 2.45) is 0 Å². The van der Waals surface area contributed by atoms with E-state index < -0.39 is 0 Å². The zero-order valence-corrected chi connectivity index (χ0v) is 16.2. The van der Waals surface area contributed by atoms with Gasteiger partial charge >= 0.3 is 0 Å². The predicted molar refractivity (Wildman–Crippen MR) is 102 cm³/mol. The van der Waals surface area contributed by atoms with E-state index in [1.165, 1.54) is 18.3 Å². The Labute approximate surface area is 158 Å². The average Bonchev–Trinajstić information content (AvgIpc) is 2.99. The molecule has 0 saturated carbocycles. The van der Waals surface area contributed by atoms with Gasteiger partial charge in [0.15, 0.2) is 0 Å². The minimum absolute atomic E-state index is 0.107. The lowest BCUT2D eigenvalue weighted by atomic mass is 10.1. The first-order chi connectivity index (χ1) is 11.8. The van der Waals surface area contributed by atoms with Gasteiger partial charge < -0.3 is 16.0 Å². The molecule has 1 atom stereocenters. The van der Waals surface area contributed by atoms with Gasteiger partial charge in [-0.05, 0) is 52.7 Å². The van der Waals surface area contributed by atoms with E-state index in [-0.39, 0.29) is 30.3 Å². The van der Waals surface area contributed by atoms with Crippen LogP contribution in [-0.4, -0.2) is 24.3 Å². The van der Waals surface area contributed by atoms with Gasteiger partial charge in [0, 0.05) is 12.6 Å². The summed E-state index contributed by atoms with van der Waals surface area (Å²) in [6, 6.07) is 10.5. The van der Waals surface area contributed by atoms with Crippen LogP contribution in [0.25, 0.3) is 0 Å². The SMILES string of the molecule is CC(=O)Nc1cccc(C(C)NC(=O)CNC(=O)c2ccc(Br)s2)c1. The molecule has 3 amide bonds. The van der Waals surface area contributed by atoms with Crippen LogP contribution in [0.1, 0.15) is 35.1 Å². The lowest BCUT2D eigenvalue weighted by molar-refractivity contribution is -0.120. The van der Waals surface area contributed by atoms with Crippen LogP contribution in [0.4, 0.5) is 5.69 Å². The summed E-state index contributed by atoms with van der Waals surface area (Å²) in [5, 5.41) is 8.11. The molecule has 25 heavy (non-hydrogen) atoms. The molecule has 0 aliphatic heterocycles. The van der Waals surface area contributed by atoms with Crippen molar-refractivity contribution in [2.75, 3.05) is 11.9 Å². The molecule has 0 aliphatic rings. The fraction of sp³-hybridized carbons (Fsp3) is 0.235. The Balaban J connectivity index is 1.87. The van der Waals surface area contributed by atoms with E-state index in [2.05, 4.69) is 31.9 Å². The van der Waals surface area contributed by atoms with E-state index in [0.717, 1.165) is 9.35 Å². The molecular formula is C17H18BrN3O3S. The van der Waals surface area contributed by atoms with E-state index in [0.29, 0.717) is 10.6 Å². The van der Waals surface area contributed by atoms with Crippen LogP contribution in [0.2, 0.25) is 0 Å². The molecule has 0 bridgehead atoms. The van der Waals surface area contributed by atoms with Crippen LogP contribution in [0.15, 0.2) is 40.2 Å². The Morgan fingerprint density at radius 1 is 1.20 bits per heavy atom. The number of carbonyl (C=O) groups is 3. The molecule has 1 aromatic carbocycles. The maximum atomic E-state index is 12.0. The third-order valence-electron chi connectivity index (χ3n) is 3.29. The smallest absolute Gasteiger partial charge is 0.261 e. The number of hydrogen-bond donors (Lipinski definition) is 3. The van der Waals surface area contributed by atoms with Gasteiger partial charge in [-0.15, -0.1) is 11.3 Å². The van der Waals surface area contributed by atoms with Crippen LogP contribution in [-0.2, 0) is 9.59 Å². The number of rotatable bonds is 6. The molecule has 3 N–H and O–H groups in total. The van der Waals surface area contributed by atoms with E-state index in [4.69, 9.17) is 0 Å². The topological polar surface area (TPSA) is 87.3 Å². The molecule has 2 aromatic rings. The molecule has 1 unspecified atom stereocenters. The third-order valence-corrected chi connectivity index (χ3v) is 4.91. The number of halogens is 1. The second-order valence-electron chi connectivity index (χ2n) is 5.38. The molecule has 1 heterocycles. The highest BCUT2D eigenvalue weighted by atomic mass is 79.9. The van der Waals surface area contributed by atoms with Crippen LogP contribution in [0.5, 0.6) is 0 Å². The van der Waals surface area contributed by atoms with Gasteiger partial charge in [-0.1, -0.05) is 12.1 Å². The molecule has 0 aliphatic carbocycles. The van der Waals surface area contributed by atoms with Crippen molar-refractivity contribution in [3.05, 3.63) is 50.6 Å². The molecule has 6 nitrogen and oxygen atoms in total. The monoisotopic (exact) mass is 423 g/mol. The quantitative estimate of drug-likeness (QED) is 0.666. The highest BCUT2D eigenvalue weighted by molar-refractivity contribution is 9.11. The van der Waals surface area contributed by atoms with Crippen LogP contribution < -0.4 is 16.0 Å². The highest BCUT2D eigenvalue weighted by Crippen LogP contribution is 2.21. The van der Waals surface area contributed by atoms with Gasteiger partial charge in [0.2, 0.25) is 11.8 Å². The van der Waals surface area contributed by atoms with Crippen molar-refractivity contribution in [3.8, 4) is 0 Å². The average molecular weight is 424 g/mol. The van der Waals surface area contributed by atoms with Crippen molar-refractivity contribution >= 4 is 50.7 Å². The van der Waals surface area contributed by atoms with Gasteiger partial charge in [-0.3, -0.25) is 14.4 Å². The van der Waals surface area contributed by atoms with Crippen LogP contribution in [0.3, 0.4) is 0 Å². The largest absolute Gasteiger partial charge is 0.348 e. The van der Waals surface area contributed by atoms with E-state index in [1.807, 2.05) is 13.0 Å². The summed E-state index contributed by atoms with van der Waals surface area (Å²) in [5.41, 5.74) is 1.52. The number of carbonyl (C=O) groups excluding carboxylic acids is 3. The number of benzene rings is 1. The number of nitrogens with one attached hydrogen (secondary N) is 3. The molecule has 0 fully saturated rings. The van der Waals surface area contributed by atoms with E-state index in [9.17, 15) is 14.4 Å². The standard InChI is InChI=1S/C17H18BrN3O3S/c1-10(12-4-3-5-13(8-12)21-11(2)22)20-16(23)9-19-17(24)14-6-7-15(18)25-14/h3-8,10H,9H2,1-2H3,(H,19,24)(H,20,23)(H,21,22). The molecule has 0 spiro atoms. The minimum atomic E-state index is -0.290. The normalized spacial score (nSPS) is 11.5. The number of thiophene rings is 1. The number of amides is 3. The Bertz CT molecular complexity index is 791. The summed E-state index contributed by atoms with van der Waals surface area (Å²) in [6.07, 6.45) is 0. The van der Waals surface area contributed by atoms with Crippen LogP contribution >= 0.6 is 27.3 Å². The first kappa shape index (κ1) is 19.1. The number of hydrogen-bond acceptors (Lipinski definition) is 4. The van der Waals surface area contributed by atoms with Gasteiger partial charge in [0.1, 0.15) is 0 Å². The first-order valence-electron chi connectivity index (χ1n) is 7.55. The number of anilines is 1. The minimum Gasteiger partial charge on any atom is -0.348 e. The molecule has 132 valence electrons. The Kier molecular flexibility index (Phi) is 6.72. The summed E-state index contributed by atoms with van der Waals surface area (Å²) >= 11 is 4.60. The lowest BCUT2D eigenvalue weighted by Gasteiger charge is -2.15. The van der Waals surface area contributed by atoms with Crippen molar-refractivity contribution in [2.45, 2.75) is 19.9 Å².